The largest absolute Gasteiger partial charge is 0.492 e. The number of hydrogen-bond donors (Lipinski definition) is 2. The standard InChI is InChI=1S/C13H18N2O3/c14-13(17)12-8-10(16)9-15(12)6-7-18-11-4-2-1-3-5-11/h1-5,10,12,16H,6-9H2,(H2,14,17). The van der Waals surface area contributed by atoms with E-state index in [1.807, 2.05) is 35.2 Å². The van der Waals surface area contributed by atoms with Crippen molar-refractivity contribution in [2.24, 2.45) is 5.73 Å². The van der Waals surface area contributed by atoms with E-state index in [1.54, 1.807) is 0 Å². The van der Waals surface area contributed by atoms with Gasteiger partial charge in [-0.3, -0.25) is 9.69 Å². The van der Waals surface area contributed by atoms with E-state index in [-0.39, 0.29) is 11.9 Å². The molecule has 3 N–H and O–H groups in total. The Hall–Kier alpha value is -1.59. The Labute approximate surface area is 106 Å². The number of primary amides is 1. The summed E-state index contributed by atoms with van der Waals surface area (Å²) in [6, 6.07) is 9.11. The number of ether oxygens (including phenoxy) is 1. The van der Waals surface area contributed by atoms with Crippen molar-refractivity contribution in [1.82, 2.24) is 4.90 Å². The molecule has 1 fully saturated rings. The monoisotopic (exact) mass is 250 g/mol. The van der Waals surface area contributed by atoms with Crippen molar-refractivity contribution >= 4 is 5.91 Å². The van der Waals surface area contributed by atoms with E-state index in [2.05, 4.69) is 0 Å². The van der Waals surface area contributed by atoms with E-state index in [4.69, 9.17) is 10.5 Å². The average molecular weight is 250 g/mol. The van der Waals surface area contributed by atoms with Crippen molar-refractivity contribution in [3.63, 3.8) is 0 Å². The number of carbonyl (C=O) groups excluding carboxylic acids is 1. The Balaban J connectivity index is 1.81. The zero-order valence-electron chi connectivity index (χ0n) is 10.2. The second-order valence-electron chi connectivity index (χ2n) is 4.46. The maximum atomic E-state index is 11.2. The minimum Gasteiger partial charge on any atom is -0.492 e. The molecule has 1 amide bonds. The normalized spacial score (nSPS) is 24.1. The highest BCUT2D eigenvalue weighted by molar-refractivity contribution is 5.80. The molecule has 5 nitrogen and oxygen atoms in total. The van der Waals surface area contributed by atoms with E-state index in [9.17, 15) is 9.90 Å². The minimum absolute atomic E-state index is 0.376. The molecule has 5 heteroatoms. The number of amides is 1. The molecule has 0 bridgehead atoms. The molecule has 1 saturated heterocycles. The molecule has 2 unspecified atom stereocenters. The fourth-order valence-electron chi connectivity index (χ4n) is 2.22. The second-order valence-corrected chi connectivity index (χ2v) is 4.46. The predicted octanol–water partition coefficient (Wildman–Crippen LogP) is -0.0141. The SMILES string of the molecule is NC(=O)C1CC(O)CN1CCOc1ccccc1. The first-order chi connectivity index (χ1) is 8.66. The van der Waals surface area contributed by atoms with Crippen molar-refractivity contribution in [2.75, 3.05) is 19.7 Å². The van der Waals surface area contributed by atoms with Crippen LogP contribution in [0, 0.1) is 0 Å². The Kier molecular flexibility index (Phi) is 4.17. The molecular formula is C13H18N2O3. The first-order valence-electron chi connectivity index (χ1n) is 6.06. The van der Waals surface area contributed by atoms with Gasteiger partial charge < -0.3 is 15.6 Å². The lowest BCUT2D eigenvalue weighted by Crippen LogP contribution is -2.42. The van der Waals surface area contributed by atoms with Gasteiger partial charge in [-0.1, -0.05) is 18.2 Å². The molecule has 0 aromatic heterocycles. The highest BCUT2D eigenvalue weighted by atomic mass is 16.5. The summed E-state index contributed by atoms with van der Waals surface area (Å²) in [6.07, 6.45) is -0.0556. The molecule has 1 aliphatic rings. The van der Waals surface area contributed by atoms with Crippen molar-refractivity contribution < 1.29 is 14.6 Å². The van der Waals surface area contributed by atoms with Gasteiger partial charge in [-0.2, -0.15) is 0 Å². The Morgan fingerprint density at radius 1 is 1.44 bits per heavy atom. The van der Waals surface area contributed by atoms with E-state index < -0.39 is 6.10 Å². The van der Waals surface area contributed by atoms with Crippen molar-refractivity contribution in [3.05, 3.63) is 30.3 Å². The number of para-hydroxylation sites is 1. The molecule has 18 heavy (non-hydrogen) atoms. The molecule has 1 aromatic rings. The number of aliphatic hydroxyl groups excluding tert-OH is 1. The molecule has 1 aliphatic heterocycles. The third kappa shape index (κ3) is 3.21. The van der Waals surface area contributed by atoms with Crippen LogP contribution in [0.1, 0.15) is 6.42 Å². The predicted molar refractivity (Wildman–Crippen MR) is 67.1 cm³/mol. The number of likely N-dealkylation sites (tertiary alicyclic amines) is 1. The molecule has 1 aromatic carbocycles. The first-order valence-corrected chi connectivity index (χ1v) is 6.06. The quantitative estimate of drug-likeness (QED) is 0.770. The van der Waals surface area contributed by atoms with Crippen LogP contribution in [0.15, 0.2) is 30.3 Å². The lowest BCUT2D eigenvalue weighted by molar-refractivity contribution is -0.122. The molecule has 2 atom stereocenters. The van der Waals surface area contributed by atoms with Crippen LogP contribution in [0.25, 0.3) is 0 Å². The summed E-state index contributed by atoms with van der Waals surface area (Å²) < 4.78 is 5.56. The maximum Gasteiger partial charge on any atom is 0.234 e. The fraction of sp³-hybridized carbons (Fsp3) is 0.462. The van der Waals surface area contributed by atoms with Crippen LogP contribution in [0.5, 0.6) is 5.75 Å². The highest BCUT2D eigenvalue weighted by Crippen LogP contribution is 2.17. The Bertz CT molecular complexity index is 396. The van der Waals surface area contributed by atoms with Gasteiger partial charge in [-0.25, -0.2) is 0 Å². The third-order valence-electron chi connectivity index (χ3n) is 3.10. The van der Waals surface area contributed by atoms with Gasteiger partial charge in [0.1, 0.15) is 12.4 Å². The molecule has 0 saturated carbocycles. The van der Waals surface area contributed by atoms with Gasteiger partial charge in [0.2, 0.25) is 5.91 Å². The highest BCUT2D eigenvalue weighted by Gasteiger charge is 2.34. The number of nitrogens with zero attached hydrogens (tertiary/aromatic N) is 1. The van der Waals surface area contributed by atoms with Crippen molar-refractivity contribution in [1.29, 1.82) is 0 Å². The topological polar surface area (TPSA) is 75.8 Å². The number of rotatable bonds is 5. The van der Waals surface area contributed by atoms with Crippen LogP contribution in [-0.4, -0.2) is 47.8 Å². The molecule has 2 rings (SSSR count). The smallest absolute Gasteiger partial charge is 0.234 e. The van der Waals surface area contributed by atoms with Gasteiger partial charge in [0.05, 0.1) is 12.1 Å². The summed E-state index contributed by atoms with van der Waals surface area (Å²) >= 11 is 0. The van der Waals surface area contributed by atoms with E-state index in [0.29, 0.717) is 26.1 Å². The lowest BCUT2D eigenvalue weighted by atomic mass is 10.2. The van der Waals surface area contributed by atoms with E-state index >= 15 is 0 Å². The summed E-state index contributed by atoms with van der Waals surface area (Å²) in [7, 11) is 0. The molecule has 1 heterocycles. The summed E-state index contributed by atoms with van der Waals surface area (Å²) in [5.74, 6) is 0.416. The number of β-amino-alcohol motifs (C(OH)–C–C–N with tert-alkyl or cyclic N) is 1. The molecule has 0 radical (unpaired) electrons. The summed E-state index contributed by atoms with van der Waals surface area (Å²) in [5, 5.41) is 9.54. The van der Waals surface area contributed by atoms with Gasteiger partial charge in [-0.05, 0) is 18.6 Å². The zero-order chi connectivity index (χ0) is 13.0. The van der Waals surface area contributed by atoms with Crippen LogP contribution >= 0.6 is 0 Å². The van der Waals surface area contributed by atoms with Gasteiger partial charge in [0, 0.05) is 13.1 Å². The summed E-state index contributed by atoms with van der Waals surface area (Å²) in [4.78, 5) is 13.1. The van der Waals surface area contributed by atoms with Crippen LogP contribution in [-0.2, 0) is 4.79 Å². The first kappa shape index (κ1) is 12.9. The molecular weight excluding hydrogens is 232 g/mol. The van der Waals surface area contributed by atoms with Gasteiger partial charge in [0.15, 0.2) is 0 Å². The molecule has 98 valence electrons. The number of aliphatic hydroxyl groups is 1. The Morgan fingerprint density at radius 2 is 2.17 bits per heavy atom. The zero-order valence-corrected chi connectivity index (χ0v) is 10.2. The third-order valence-corrected chi connectivity index (χ3v) is 3.10. The fourth-order valence-corrected chi connectivity index (χ4v) is 2.22. The van der Waals surface area contributed by atoms with Crippen LogP contribution in [0.3, 0.4) is 0 Å². The van der Waals surface area contributed by atoms with Crippen LogP contribution in [0.2, 0.25) is 0 Å². The van der Waals surface area contributed by atoms with Gasteiger partial charge in [-0.15, -0.1) is 0 Å². The summed E-state index contributed by atoms with van der Waals surface area (Å²) in [6.45, 7) is 1.53. The van der Waals surface area contributed by atoms with Crippen molar-refractivity contribution in [2.45, 2.75) is 18.6 Å². The van der Waals surface area contributed by atoms with Crippen LogP contribution < -0.4 is 10.5 Å². The van der Waals surface area contributed by atoms with Crippen LogP contribution in [0.4, 0.5) is 0 Å². The number of hydrogen-bond acceptors (Lipinski definition) is 4. The van der Waals surface area contributed by atoms with Gasteiger partial charge >= 0.3 is 0 Å². The van der Waals surface area contributed by atoms with Gasteiger partial charge in [0.25, 0.3) is 0 Å². The molecule has 0 spiro atoms. The Morgan fingerprint density at radius 3 is 2.83 bits per heavy atom. The minimum atomic E-state index is -0.473. The average Bonchev–Trinajstić information content (AvgIpc) is 2.72. The maximum absolute atomic E-state index is 11.2. The number of nitrogens with two attached hydrogens (primary N) is 1. The van der Waals surface area contributed by atoms with Crippen molar-refractivity contribution in [3.8, 4) is 5.75 Å². The van der Waals surface area contributed by atoms with E-state index in [1.165, 1.54) is 0 Å². The number of carbonyl (C=O) groups is 1. The second kappa shape index (κ2) is 5.84. The lowest BCUT2D eigenvalue weighted by Gasteiger charge is -2.21. The number of benzene rings is 1. The molecule has 0 aliphatic carbocycles. The van der Waals surface area contributed by atoms with E-state index in [0.717, 1.165) is 5.75 Å². The summed E-state index contributed by atoms with van der Waals surface area (Å²) in [5.41, 5.74) is 5.30.